The maximum atomic E-state index is 10.9. The molecule has 2 aliphatic rings. The van der Waals surface area contributed by atoms with Crippen LogP contribution < -0.4 is 0 Å². The van der Waals surface area contributed by atoms with Gasteiger partial charge in [-0.15, -0.1) is 0 Å². The highest BCUT2D eigenvalue weighted by atomic mass is 16.8. The van der Waals surface area contributed by atoms with Crippen LogP contribution in [0.2, 0.25) is 0 Å². The summed E-state index contributed by atoms with van der Waals surface area (Å²) in [4.78, 5) is 10.9. The molecule has 5 nitrogen and oxygen atoms in total. The summed E-state index contributed by atoms with van der Waals surface area (Å²) in [5.74, 6) is -1.36. The zero-order valence-electron chi connectivity index (χ0n) is 10.1. The number of ether oxygens (including phenoxy) is 4. The Hall–Kier alpha value is -0.490. The minimum Gasteiger partial charge on any atom is -0.348 e. The van der Waals surface area contributed by atoms with E-state index in [9.17, 15) is 4.79 Å². The van der Waals surface area contributed by atoms with Gasteiger partial charge in [-0.2, -0.15) is 0 Å². The van der Waals surface area contributed by atoms with Gasteiger partial charge < -0.3 is 23.7 Å². The Morgan fingerprint density at radius 1 is 1.06 bits per heavy atom. The molecule has 0 aromatic rings. The first-order chi connectivity index (χ1) is 7.33. The fourth-order valence-corrected chi connectivity index (χ4v) is 2.09. The van der Waals surface area contributed by atoms with Gasteiger partial charge in [0.25, 0.3) is 0 Å². The molecule has 0 bridgehead atoms. The van der Waals surface area contributed by atoms with Crippen LogP contribution in [0, 0.1) is 0 Å². The molecule has 2 saturated heterocycles. The second-order valence-electron chi connectivity index (χ2n) is 5.07. The van der Waals surface area contributed by atoms with Crippen molar-refractivity contribution in [2.24, 2.45) is 0 Å². The quantitative estimate of drug-likeness (QED) is 0.658. The first kappa shape index (κ1) is 12.0. The van der Waals surface area contributed by atoms with Gasteiger partial charge in [-0.3, -0.25) is 0 Å². The molecule has 0 unspecified atom stereocenters. The maximum absolute atomic E-state index is 10.9. The molecule has 0 saturated carbocycles. The minimum absolute atomic E-state index is 0.257. The van der Waals surface area contributed by atoms with E-state index in [4.69, 9.17) is 18.9 Å². The largest absolute Gasteiger partial charge is 0.348 e. The predicted molar refractivity (Wildman–Crippen MR) is 54.8 cm³/mol. The van der Waals surface area contributed by atoms with E-state index in [0.29, 0.717) is 6.61 Å². The normalized spacial score (nSPS) is 41.1. The van der Waals surface area contributed by atoms with Gasteiger partial charge in [0.15, 0.2) is 17.9 Å². The molecule has 0 N–H and O–H groups in total. The molecule has 5 heteroatoms. The number of rotatable bonds is 2. The summed E-state index contributed by atoms with van der Waals surface area (Å²) in [5, 5.41) is 0. The Morgan fingerprint density at radius 2 is 1.75 bits per heavy atom. The van der Waals surface area contributed by atoms with E-state index in [-0.39, 0.29) is 6.10 Å². The summed E-state index contributed by atoms with van der Waals surface area (Å²) in [6, 6.07) is 0. The van der Waals surface area contributed by atoms with E-state index in [2.05, 4.69) is 0 Å². The summed E-state index contributed by atoms with van der Waals surface area (Å²) in [7, 11) is 0. The fourth-order valence-electron chi connectivity index (χ4n) is 2.09. The van der Waals surface area contributed by atoms with Gasteiger partial charge in [-0.25, -0.2) is 0 Å². The van der Waals surface area contributed by atoms with Crippen molar-refractivity contribution in [1.82, 2.24) is 0 Å². The lowest BCUT2D eigenvalue weighted by Gasteiger charge is -2.22. The van der Waals surface area contributed by atoms with E-state index in [0.717, 1.165) is 6.29 Å². The van der Waals surface area contributed by atoms with E-state index < -0.39 is 23.8 Å². The Morgan fingerprint density at radius 3 is 2.25 bits per heavy atom. The first-order valence-electron chi connectivity index (χ1n) is 5.46. The van der Waals surface area contributed by atoms with E-state index in [1.807, 2.05) is 13.8 Å². The lowest BCUT2D eigenvalue weighted by molar-refractivity contribution is -0.174. The molecule has 0 amide bonds. The highest BCUT2D eigenvalue weighted by Crippen LogP contribution is 2.34. The van der Waals surface area contributed by atoms with Crippen molar-refractivity contribution in [3.63, 3.8) is 0 Å². The van der Waals surface area contributed by atoms with Crippen LogP contribution in [0.15, 0.2) is 0 Å². The maximum Gasteiger partial charge on any atom is 0.164 e. The second-order valence-corrected chi connectivity index (χ2v) is 5.07. The summed E-state index contributed by atoms with van der Waals surface area (Å²) in [5.41, 5.74) is 0. The Kier molecular flexibility index (Phi) is 2.82. The molecule has 0 aromatic carbocycles. The summed E-state index contributed by atoms with van der Waals surface area (Å²) >= 11 is 0. The van der Waals surface area contributed by atoms with Crippen molar-refractivity contribution in [3.05, 3.63) is 0 Å². The number of hydrogen-bond donors (Lipinski definition) is 0. The van der Waals surface area contributed by atoms with Gasteiger partial charge in [0, 0.05) is 0 Å². The molecule has 2 fully saturated rings. The van der Waals surface area contributed by atoms with Crippen LogP contribution in [0.4, 0.5) is 0 Å². The van der Waals surface area contributed by atoms with Crippen molar-refractivity contribution in [2.45, 2.75) is 57.6 Å². The van der Waals surface area contributed by atoms with Crippen LogP contribution in [0.3, 0.4) is 0 Å². The number of carbonyl (C=O) groups excluding carboxylic acids is 1. The van der Waals surface area contributed by atoms with Crippen molar-refractivity contribution in [2.75, 3.05) is 6.61 Å². The summed E-state index contributed by atoms with van der Waals surface area (Å²) in [6.07, 6.45) is -0.479. The first-order valence-corrected chi connectivity index (χ1v) is 5.46. The molecular weight excluding hydrogens is 212 g/mol. The number of aldehydes is 1. The van der Waals surface area contributed by atoms with Gasteiger partial charge in [-0.05, 0) is 27.7 Å². The van der Waals surface area contributed by atoms with Gasteiger partial charge in [0.1, 0.15) is 18.3 Å². The van der Waals surface area contributed by atoms with E-state index in [1.165, 1.54) is 0 Å². The summed E-state index contributed by atoms with van der Waals surface area (Å²) < 4.78 is 22.3. The van der Waals surface area contributed by atoms with Gasteiger partial charge in [0.2, 0.25) is 0 Å². The highest BCUT2D eigenvalue weighted by molar-refractivity contribution is 5.58. The standard InChI is InChI=1S/C11H18O5/c1-10(2)13-6-8(15-10)9-7(5-12)14-11(3,4)16-9/h5,7-9H,6H2,1-4H3/t7-,8-,9+/m1/s1. The molecule has 0 aliphatic carbocycles. The zero-order valence-corrected chi connectivity index (χ0v) is 10.1. The topological polar surface area (TPSA) is 54.0 Å². The molecule has 0 aromatic heterocycles. The van der Waals surface area contributed by atoms with E-state index >= 15 is 0 Å². The van der Waals surface area contributed by atoms with Crippen LogP contribution >= 0.6 is 0 Å². The SMILES string of the molecule is CC1(C)O[C@H]([C@H]2COC(C)(C)O2)[C@@H](C=O)O1. The number of carbonyl (C=O) groups is 1. The zero-order chi connectivity index (χ0) is 12.0. The van der Waals surface area contributed by atoms with Crippen LogP contribution in [-0.4, -0.2) is 42.8 Å². The molecule has 2 aliphatic heterocycles. The Balaban J connectivity index is 2.07. The van der Waals surface area contributed by atoms with Crippen molar-refractivity contribution < 1.29 is 23.7 Å². The minimum atomic E-state index is -0.744. The lowest BCUT2D eigenvalue weighted by Crippen LogP contribution is -2.38. The smallest absolute Gasteiger partial charge is 0.164 e. The van der Waals surface area contributed by atoms with Crippen molar-refractivity contribution in [3.8, 4) is 0 Å². The van der Waals surface area contributed by atoms with E-state index in [1.54, 1.807) is 13.8 Å². The molecule has 0 radical (unpaired) electrons. The van der Waals surface area contributed by atoms with Crippen LogP contribution in [-0.2, 0) is 23.7 Å². The van der Waals surface area contributed by atoms with Gasteiger partial charge in [-0.1, -0.05) is 0 Å². The third-order valence-electron chi connectivity index (χ3n) is 2.69. The number of hydrogen-bond acceptors (Lipinski definition) is 5. The molecule has 0 spiro atoms. The molecule has 16 heavy (non-hydrogen) atoms. The van der Waals surface area contributed by atoms with Crippen molar-refractivity contribution >= 4 is 6.29 Å². The Bertz CT molecular complexity index is 286. The molecule has 2 rings (SSSR count). The Labute approximate surface area is 95.0 Å². The predicted octanol–water partition coefficient (Wildman–Crippen LogP) is 0.857. The van der Waals surface area contributed by atoms with Crippen LogP contribution in [0.25, 0.3) is 0 Å². The average Bonchev–Trinajstić information content (AvgIpc) is 2.65. The third-order valence-corrected chi connectivity index (χ3v) is 2.69. The monoisotopic (exact) mass is 230 g/mol. The second kappa shape index (κ2) is 3.77. The lowest BCUT2D eigenvalue weighted by atomic mass is 10.1. The van der Waals surface area contributed by atoms with Gasteiger partial charge in [0.05, 0.1) is 6.61 Å². The third kappa shape index (κ3) is 2.27. The van der Waals surface area contributed by atoms with Crippen LogP contribution in [0.5, 0.6) is 0 Å². The molecule has 3 atom stereocenters. The highest BCUT2D eigenvalue weighted by Gasteiger charge is 2.49. The average molecular weight is 230 g/mol. The molecule has 92 valence electrons. The van der Waals surface area contributed by atoms with Crippen molar-refractivity contribution in [1.29, 1.82) is 0 Å². The van der Waals surface area contributed by atoms with Gasteiger partial charge >= 0.3 is 0 Å². The molecular formula is C11H18O5. The fraction of sp³-hybridized carbons (Fsp3) is 0.909. The molecule has 2 heterocycles. The van der Waals surface area contributed by atoms with Crippen LogP contribution in [0.1, 0.15) is 27.7 Å². The summed E-state index contributed by atoms with van der Waals surface area (Å²) in [6.45, 7) is 7.66.